The first-order valence-corrected chi connectivity index (χ1v) is 10.6. The van der Waals surface area contributed by atoms with Gasteiger partial charge in [-0.3, -0.25) is 4.79 Å². The Kier molecular flexibility index (Phi) is 5.86. The van der Waals surface area contributed by atoms with Gasteiger partial charge in [0.2, 0.25) is 10.0 Å². The maximum atomic E-state index is 12.7. The van der Waals surface area contributed by atoms with Gasteiger partial charge in [-0.2, -0.15) is 5.10 Å². The van der Waals surface area contributed by atoms with Crippen LogP contribution in [0.5, 0.6) is 0 Å². The van der Waals surface area contributed by atoms with Crippen LogP contribution in [0.3, 0.4) is 0 Å². The second kappa shape index (κ2) is 8.18. The highest BCUT2D eigenvalue weighted by atomic mass is 32.2. The monoisotopic (exact) mass is 412 g/mol. The van der Waals surface area contributed by atoms with Gasteiger partial charge in [0.05, 0.1) is 22.8 Å². The molecule has 0 saturated heterocycles. The standard InChI is InChI=1S/C21H24N4O3S/c1-15(20-14-22-25(16(20)2)18-10-6-5-7-11-18)23-21(26)17-9-8-12-19(13-17)29(27,28)24(3)4/h5-15H,1-4H3,(H,23,26). The number of carbonyl (C=O) groups excluding carboxylic acids is 1. The van der Waals surface area contributed by atoms with Crippen LogP contribution in [0.2, 0.25) is 0 Å². The molecule has 0 radical (unpaired) electrons. The molecule has 152 valence electrons. The highest BCUT2D eigenvalue weighted by Crippen LogP contribution is 2.21. The minimum Gasteiger partial charge on any atom is -0.345 e. The zero-order valence-corrected chi connectivity index (χ0v) is 17.6. The molecular formula is C21H24N4O3S. The number of hydrogen-bond acceptors (Lipinski definition) is 4. The predicted octanol–water partition coefficient (Wildman–Crippen LogP) is 2.92. The van der Waals surface area contributed by atoms with E-state index >= 15 is 0 Å². The van der Waals surface area contributed by atoms with Crippen molar-refractivity contribution in [3.05, 3.63) is 77.6 Å². The fourth-order valence-corrected chi connectivity index (χ4v) is 3.99. The first-order valence-electron chi connectivity index (χ1n) is 9.15. The summed E-state index contributed by atoms with van der Waals surface area (Å²) < 4.78 is 27.6. The molecule has 29 heavy (non-hydrogen) atoms. The summed E-state index contributed by atoms with van der Waals surface area (Å²) in [5.41, 5.74) is 3.04. The first kappa shape index (κ1) is 20.8. The smallest absolute Gasteiger partial charge is 0.251 e. The molecule has 2 aromatic carbocycles. The van der Waals surface area contributed by atoms with Gasteiger partial charge in [0.1, 0.15) is 0 Å². The average Bonchev–Trinajstić information content (AvgIpc) is 3.10. The van der Waals surface area contributed by atoms with E-state index in [0.717, 1.165) is 21.2 Å². The zero-order valence-electron chi connectivity index (χ0n) is 16.8. The topological polar surface area (TPSA) is 84.3 Å². The van der Waals surface area contributed by atoms with Crippen molar-refractivity contribution in [2.24, 2.45) is 0 Å². The van der Waals surface area contributed by atoms with Gasteiger partial charge in [0, 0.05) is 30.9 Å². The number of carbonyl (C=O) groups is 1. The molecule has 0 aliphatic heterocycles. The highest BCUT2D eigenvalue weighted by molar-refractivity contribution is 7.89. The zero-order chi connectivity index (χ0) is 21.2. The molecule has 7 nitrogen and oxygen atoms in total. The summed E-state index contributed by atoms with van der Waals surface area (Å²) in [5, 5.41) is 7.36. The van der Waals surface area contributed by atoms with E-state index in [2.05, 4.69) is 10.4 Å². The van der Waals surface area contributed by atoms with E-state index in [1.54, 1.807) is 18.3 Å². The van der Waals surface area contributed by atoms with Gasteiger partial charge >= 0.3 is 0 Å². The van der Waals surface area contributed by atoms with Gasteiger partial charge in [-0.05, 0) is 44.2 Å². The van der Waals surface area contributed by atoms with Crippen molar-refractivity contribution in [2.75, 3.05) is 14.1 Å². The molecule has 3 rings (SSSR count). The third-order valence-corrected chi connectivity index (χ3v) is 6.55. The summed E-state index contributed by atoms with van der Waals surface area (Å²) >= 11 is 0. The van der Waals surface area contributed by atoms with Gasteiger partial charge < -0.3 is 5.32 Å². The molecule has 1 unspecified atom stereocenters. The number of aromatic nitrogens is 2. The van der Waals surface area contributed by atoms with E-state index in [4.69, 9.17) is 0 Å². The van der Waals surface area contributed by atoms with Gasteiger partial charge in [0.15, 0.2) is 0 Å². The molecule has 1 amide bonds. The van der Waals surface area contributed by atoms with E-state index in [0.29, 0.717) is 0 Å². The molecule has 0 aliphatic carbocycles. The van der Waals surface area contributed by atoms with Crippen molar-refractivity contribution in [1.29, 1.82) is 0 Å². The third kappa shape index (κ3) is 4.23. The van der Waals surface area contributed by atoms with Crippen molar-refractivity contribution in [1.82, 2.24) is 19.4 Å². The van der Waals surface area contributed by atoms with Crippen LogP contribution in [0.25, 0.3) is 5.69 Å². The molecule has 0 fully saturated rings. The second-order valence-corrected chi connectivity index (χ2v) is 9.09. The van der Waals surface area contributed by atoms with Gasteiger partial charge in [0.25, 0.3) is 5.91 Å². The van der Waals surface area contributed by atoms with E-state index in [1.807, 2.05) is 48.9 Å². The summed E-state index contributed by atoms with van der Waals surface area (Å²) in [6, 6.07) is 15.5. The van der Waals surface area contributed by atoms with E-state index in [1.165, 1.54) is 26.2 Å². The Bertz CT molecular complexity index is 1120. The largest absolute Gasteiger partial charge is 0.345 e. The Hall–Kier alpha value is -2.97. The molecule has 0 saturated carbocycles. The van der Waals surface area contributed by atoms with E-state index in [9.17, 15) is 13.2 Å². The Labute approximate surface area is 171 Å². The minimum atomic E-state index is -3.61. The van der Waals surface area contributed by atoms with Crippen molar-refractivity contribution in [3.63, 3.8) is 0 Å². The summed E-state index contributed by atoms with van der Waals surface area (Å²) in [4.78, 5) is 12.8. The van der Waals surface area contributed by atoms with Crippen molar-refractivity contribution < 1.29 is 13.2 Å². The number of hydrogen-bond donors (Lipinski definition) is 1. The number of benzene rings is 2. The van der Waals surface area contributed by atoms with Gasteiger partial charge in [-0.25, -0.2) is 17.4 Å². The van der Waals surface area contributed by atoms with E-state index < -0.39 is 10.0 Å². The van der Waals surface area contributed by atoms with Crippen LogP contribution >= 0.6 is 0 Å². The van der Waals surface area contributed by atoms with Crippen molar-refractivity contribution >= 4 is 15.9 Å². The fourth-order valence-electron chi connectivity index (χ4n) is 3.04. The highest BCUT2D eigenvalue weighted by Gasteiger charge is 2.21. The van der Waals surface area contributed by atoms with Gasteiger partial charge in [-0.1, -0.05) is 24.3 Å². The minimum absolute atomic E-state index is 0.0795. The lowest BCUT2D eigenvalue weighted by Gasteiger charge is -2.15. The predicted molar refractivity (Wildman–Crippen MR) is 111 cm³/mol. The van der Waals surface area contributed by atoms with Crippen LogP contribution in [0.1, 0.15) is 34.6 Å². The molecule has 1 atom stereocenters. The second-order valence-electron chi connectivity index (χ2n) is 6.94. The van der Waals surface area contributed by atoms with Crippen molar-refractivity contribution in [2.45, 2.75) is 24.8 Å². The number of amides is 1. The summed E-state index contributed by atoms with van der Waals surface area (Å²) in [7, 11) is -0.696. The van der Waals surface area contributed by atoms with Crippen LogP contribution in [0.15, 0.2) is 65.7 Å². The third-order valence-electron chi connectivity index (χ3n) is 4.74. The SMILES string of the molecule is Cc1c(C(C)NC(=O)c2cccc(S(=O)(=O)N(C)C)c2)cnn1-c1ccccc1. The number of para-hydroxylation sites is 1. The number of sulfonamides is 1. The molecule has 0 bridgehead atoms. The number of nitrogens with one attached hydrogen (secondary N) is 1. The Morgan fingerprint density at radius 1 is 1.10 bits per heavy atom. The molecule has 8 heteroatoms. The molecule has 1 heterocycles. The van der Waals surface area contributed by atoms with Crippen molar-refractivity contribution in [3.8, 4) is 5.69 Å². The lowest BCUT2D eigenvalue weighted by molar-refractivity contribution is 0.0939. The lowest BCUT2D eigenvalue weighted by Crippen LogP contribution is -2.27. The summed E-state index contributed by atoms with van der Waals surface area (Å²) in [6.45, 7) is 3.82. The maximum Gasteiger partial charge on any atom is 0.251 e. The quantitative estimate of drug-likeness (QED) is 0.675. The van der Waals surface area contributed by atoms with Crippen LogP contribution < -0.4 is 5.32 Å². The molecule has 0 spiro atoms. The maximum absolute atomic E-state index is 12.7. The molecular weight excluding hydrogens is 388 g/mol. The molecule has 0 aliphatic rings. The van der Waals surface area contributed by atoms with Crippen LogP contribution in [0, 0.1) is 6.92 Å². The first-order chi connectivity index (χ1) is 13.7. The van der Waals surface area contributed by atoms with E-state index in [-0.39, 0.29) is 22.4 Å². The van der Waals surface area contributed by atoms with Crippen LogP contribution in [0.4, 0.5) is 0 Å². The Morgan fingerprint density at radius 3 is 2.45 bits per heavy atom. The molecule has 3 aromatic rings. The van der Waals surface area contributed by atoms with Crippen LogP contribution in [-0.4, -0.2) is 42.5 Å². The fraction of sp³-hybridized carbons (Fsp3) is 0.238. The summed E-state index contributed by atoms with van der Waals surface area (Å²) in [6.07, 6.45) is 1.74. The van der Waals surface area contributed by atoms with Crippen LogP contribution in [-0.2, 0) is 10.0 Å². The van der Waals surface area contributed by atoms with Gasteiger partial charge in [-0.15, -0.1) is 0 Å². The lowest BCUT2D eigenvalue weighted by atomic mass is 10.1. The molecule has 1 N–H and O–H groups in total. The Morgan fingerprint density at radius 2 is 1.79 bits per heavy atom. The normalized spacial score (nSPS) is 12.7. The average molecular weight is 413 g/mol. The molecule has 1 aromatic heterocycles. The number of nitrogens with zero attached hydrogens (tertiary/aromatic N) is 3. The number of rotatable bonds is 6. The summed E-state index contributed by atoms with van der Waals surface area (Å²) in [5.74, 6) is -0.347. The Balaban J connectivity index is 1.81.